The standard InChI is InChI=1S/C27H25N5O/c1-30-23-13-8-14-29-24(23)26(22(19-28)27(30)33)32-17-15-31(16-18-32)25(20-9-4-2-5-10-20)21-11-6-3-7-12-21/h2-14,25H,15-18H2,1H3. The summed E-state index contributed by atoms with van der Waals surface area (Å²) in [4.78, 5) is 22.1. The SMILES string of the molecule is Cn1c(=O)c(C#N)c(N2CCN(C(c3ccccc3)c3ccccc3)CC2)c2ncccc21. The first-order valence-electron chi connectivity index (χ1n) is 11.2. The largest absolute Gasteiger partial charge is 0.366 e. The fourth-order valence-electron chi connectivity index (χ4n) is 4.84. The second kappa shape index (κ2) is 8.89. The predicted octanol–water partition coefficient (Wildman–Crippen LogP) is 3.72. The van der Waals surface area contributed by atoms with Crippen LogP contribution in [0.1, 0.15) is 22.7 Å². The Hall–Kier alpha value is -3.95. The smallest absolute Gasteiger partial charge is 0.270 e. The van der Waals surface area contributed by atoms with Gasteiger partial charge in [-0.1, -0.05) is 60.7 Å². The Balaban J connectivity index is 1.49. The zero-order valence-corrected chi connectivity index (χ0v) is 18.6. The summed E-state index contributed by atoms with van der Waals surface area (Å²) in [5.41, 5.74) is 4.51. The van der Waals surface area contributed by atoms with Gasteiger partial charge in [-0.25, -0.2) is 0 Å². The molecule has 2 aromatic heterocycles. The molecule has 33 heavy (non-hydrogen) atoms. The molecule has 3 heterocycles. The van der Waals surface area contributed by atoms with Crippen molar-refractivity contribution in [1.29, 1.82) is 5.26 Å². The number of anilines is 1. The van der Waals surface area contributed by atoms with Crippen molar-refractivity contribution in [2.24, 2.45) is 7.05 Å². The number of nitriles is 1. The molecule has 1 fully saturated rings. The van der Waals surface area contributed by atoms with Crippen LogP contribution in [-0.4, -0.2) is 40.6 Å². The maximum atomic E-state index is 12.9. The van der Waals surface area contributed by atoms with Crippen LogP contribution in [0.2, 0.25) is 0 Å². The molecule has 0 amide bonds. The Labute approximate surface area is 192 Å². The van der Waals surface area contributed by atoms with E-state index in [-0.39, 0.29) is 17.2 Å². The van der Waals surface area contributed by atoms with Gasteiger partial charge in [0.2, 0.25) is 0 Å². The third-order valence-electron chi connectivity index (χ3n) is 6.47. The van der Waals surface area contributed by atoms with Crippen molar-refractivity contribution < 1.29 is 0 Å². The number of piperazine rings is 1. The molecule has 4 aromatic rings. The summed E-state index contributed by atoms with van der Waals surface area (Å²) >= 11 is 0. The van der Waals surface area contributed by atoms with E-state index in [4.69, 9.17) is 0 Å². The highest BCUT2D eigenvalue weighted by Crippen LogP contribution is 2.32. The molecule has 0 radical (unpaired) electrons. The van der Waals surface area contributed by atoms with Crippen molar-refractivity contribution in [2.75, 3.05) is 31.1 Å². The summed E-state index contributed by atoms with van der Waals surface area (Å²) in [5.74, 6) is 0. The molecular formula is C27H25N5O. The number of rotatable bonds is 4. The van der Waals surface area contributed by atoms with E-state index < -0.39 is 0 Å². The molecule has 0 atom stereocenters. The van der Waals surface area contributed by atoms with Gasteiger partial charge in [0, 0.05) is 39.4 Å². The average Bonchev–Trinajstić information content (AvgIpc) is 2.88. The van der Waals surface area contributed by atoms with Gasteiger partial charge in [0.1, 0.15) is 17.1 Å². The van der Waals surface area contributed by atoms with Gasteiger partial charge in [-0.2, -0.15) is 5.26 Å². The molecule has 0 unspecified atom stereocenters. The molecular weight excluding hydrogens is 410 g/mol. The summed E-state index contributed by atoms with van der Waals surface area (Å²) in [6.07, 6.45) is 1.72. The summed E-state index contributed by atoms with van der Waals surface area (Å²) in [5, 5.41) is 9.82. The van der Waals surface area contributed by atoms with Crippen molar-refractivity contribution in [1.82, 2.24) is 14.5 Å². The first-order chi connectivity index (χ1) is 16.2. The second-order valence-electron chi connectivity index (χ2n) is 8.32. The highest BCUT2D eigenvalue weighted by molar-refractivity contribution is 5.91. The molecule has 2 aromatic carbocycles. The van der Waals surface area contributed by atoms with Crippen molar-refractivity contribution in [3.8, 4) is 6.07 Å². The van der Waals surface area contributed by atoms with Gasteiger partial charge < -0.3 is 9.47 Å². The van der Waals surface area contributed by atoms with E-state index in [0.717, 1.165) is 18.6 Å². The monoisotopic (exact) mass is 435 g/mol. The number of hydrogen-bond acceptors (Lipinski definition) is 5. The Morgan fingerprint density at radius 3 is 2.06 bits per heavy atom. The van der Waals surface area contributed by atoms with Crippen molar-refractivity contribution in [2.45, 2.75) is 6.04 Å². The van der Waals surface area contributed by atoms with E-state index in [9.17, 15) is 10.1 Å². The third-order valence-corrected chi connectivity index (χ3v) is 6.47. The lowest BCUT2D eigenvalue weighted by Gasteiger charge is -2.41. The molecule has 0 bridgehead atoms. The molecule has 0 aliphatic carbocycles. The van der Waals surface area contributed by atoms with Crippen LogP contribution < -0.4 is 10.5 Å². The summed E-state index contributed by atoms with van der Waals surface area (Å²) in [6.45, 7) is 3.04. The van der Waals surface area contributed by atoms with Crippen molar-refractivity contribution in [3.63, 3.8) is 0 Å². The number of benzene rings is 2. The highest BCUT2D eigenvalue weighted by atomic mass is 16.1. The fraction of sp³-hybridized carbons (Fsp3) is 0.222. The minimum atomic E-state index is -0.276. The minimum Gasteiger partial charge on any atom is -0.366 e. The van der Waals surface area contributed by atoms with Crippen LogP contribution in [0.15, 0.2) is 83.8 Å². The van der Waals surface area contributed by atoms with Gasteiger partial charge >= 0.3 is 0 Å². The number of aromatic nitrogens is 2. The van der Waals surface area contributed by atoms with Crippen molar-refractivity contribution in [3.05, 3.63) is 106 Å². The Bertz CT molecular complexity index is 1330. The topological polar surface area (TPSA) is 65.2 Å². The molecule has 5 rings (SSSR count). The van der Waals surface area contributed by atoms with Crippen molar-refractivity contribution >= 4 is 16.7 Å². The van der Waals surface area contributed by atoms with E-state index in [1.165, 1.54) is 15.7 Å². The molecule has 1 aliphatic heterocycles. The van der Waals surface area contributed by atoms with Gasteiger partial charge in [0.05, 0.1) is 17.2 Å². The maximum absolute atomic E-state index is 12.9. The van der Waals surface area contributed by atoms with E-state index in [1.807, 2.05) is 24.3 Å². The fourth-order valence-corrected chi connectivity index (χ4v) is 4.84. The van der Waals surface area contributed by atoms with Gasteiger partial charge in [-0.15, -0.1) is 0 Å². The summed E-state index contributed by atoms with van der Waals surface area (Å²) in [6, 6.07) is 27.1. The van der Waals surface area contributed by atoms with E-state index in [0.29, 0.717) is 24.3 Å². The normalized spacial score (nSPS) is 14.5. The minimum absolute atomic E-state index is 0.156. The first-order valence-corrected chi connectivity index (χ1v) is 11.2. The van der Waals surface area contributed by atoms with Crippen LogP contribution in [0.5, 0.6) is 0 Å². The lowest BCUT2D eigenvalue weighted by molar-refractivity contribution is 0.212. The maximum Gasteiger partial charge on any atom is 0.270 e. The summed E-state index contributed by atoms with van der Waals surface area (Å²) in [7, 11) is 1.69. The molecule has 0 saturated carbocycles. The zero-order chi connectivity index (χ0) is 22.8. The number of pyridine rings is 2. The van der Waals surface area contributed by atoms with Crippen LogP contribution >= 0.6 is 0 Å². The molecule has 164 valence electrons. The van der Waals surface area contributed by atoms with Gasteiger partial charge in [-0.05, 0) is 23.3 Å². The quantitative estimate of drug-likeness (QED) is 0.489. The number of fused-ring (bicyclic) bond motifs is 1. The van der Waals surface area contributed by atoms with E-state index >= 15 is 0 Å². The molecule has 0 spiro atoms. The predicted molar refractivity (Wildman–Crippen MR) is 130 cm³/mol. The Morgan fingerprint density at radius 2 is 1.48 bits per heavy atom. The van der Waals surface area contributed by atoms with Gasteiger partial charge in [-0.3, -0.25) is 14.7 Å². The molecule has 6 heteroatoms. The van der Waals surface area contributed by atoms with Crippen LogP contribution in [0.3, 0.4) is 0 Å². The number of hydrogen-bond donors (Lipinski definition) is 0. The lowest BCUT2D eigenvalue weighted by Crippen LogP contribution is -2.48. The summed E-state index contributed by atoms with van der Waals surface area (Å²) < 4.78 is 1.52. The molecule has 6 nitrogen and oxygen atoms in total. The van der Waals surface area contributed by atoms with E-state index in [1.54, 1.807) is 13.2 Å². The van der Waals surface area contributed by atoms with Crippen LogP contribution in [0.25, 0.3) is 11.0 Å². The van der Waals surface area contributed by atoms with Crippen LogP contribution in [0, 0.1) is 11.3 Å². The first kappa shape index (κ1) is 20.9. The Morgan fingerprint density at radius 1 is 0.879 bits per heavy atom. The van der Waals surface area contributed by atoms with Crippen LogP contribution in [0.4, 0.5) is 5.69 Å². The number of aryl methyl sites for hydroxylation is 1. The third kappa shape index (κ3) is 3.77. The van der Waals surface area contributed by atoms with Gasteiger partial charge in [0.15, 0.2) is 0 Å². The van der Waals surface area contributed by atoms with E-state index in [2.05, 4.69) is 69.4 Å². The molecule has 0 N–H and O–H groups in total. The van der Waals surface area contributed by atoms with Crippen LogP contribution in [-0.2, 0) is 7.05 Å². The zero-order valence-electron chi connectivity index (χ0n) is 18.6. The average molecular weight is 436 g/mol. The number of nitrogens with zero attached hydrogens (tertiary/aromatic N) is 5. The molecule has 1 aliphatic rings. The highest BCUT2D eigenvalue weighted by Gasteiger charge is 2.29. The van der Waals surface area contributed by atoms with Gasteiger partial charge in [0.25, 0.3) is 5.56 Å². The molecule has 1 saturated heterocycles. The second-order valence-corrected chi connectivity index (χ2v) is 8.32. The Kier molecular flexibility index (Phi) is 5.64. The lowest BCUT2D eigenvalue weighted by atomic mass is 9.96.